The Morgan fingerprint density at radius 2 is 1.34 bits per heavy atom. The summed E-state index contributed by atoms with van der Waals surface area (Å²) in [5.41, 5.74) is 0. The fraction of sp³-hybridized carbons (Fsp3) is 0.958. The predicted octanol–water partition coefficient (Wildman–Crippen LogP) is 6.10. The van der Waals surface area contributed by atoms with E-state index < -0.39 is 0 Å². The maximum absolute atomic E-state index is 10.8. The molecule has 0 aliphatic carbocycles. The lowest BCUT2D eigenvalue weighted by Crippen LogP contribution is -2.29. The molecule has 29 heavy (non-hydrogen) atoms. The van der Waals surface area contributed by atoms with Gasteiger partial charge in [-0.15, -0.1) is 0 Å². The Morgan fingerprint density at radius 3 is 1.79 bits per heavy atom. The van der Waals surface area contributed by atoms with Gasteiger partial charge in [0, 0.05) is 19.2 Å². The van der Waals surface area contributed by atoms with Gasteiger partial charge in [0.25, 0.3) is 0 Å². The first kappa shape index (κ1) is 28.7. The molecule has 1 amide bonds. The second-order valence-corrected chi connectivity index (χ2v) is 9.33. The Hall–Kier alpha value is -0.260. The smallest absolute Gasteiger partial charge is 0.216 e. The molecule has 0 fully saturated rings. The number of thioether (sulfide) groups is 1. The average Bonchev–Trinajstić information content (AvgIpc) is 2.71. The van der Waals surface area contributed by atoms with E-state index in [2.05, 4.69) is 12.2 Å². The van der Waals surface area contributed by atoms with Crippen molar-refractivity contribution in [3.05, 3.63) is 0 Å². The molecule has 0 aliphatic rings. The molecule has 0 aromatic heterocycles. The van der Waals surface area contributed by atoms with Crippen molar-refractivity contribution in [1.82, 2.24) is 5.32 Å². The van der Waals surface area contributed by atoms with Crippen LogP contribution >= 0.6 is 11.8 Å². The molecular formula is C24H49NO3S. The van der Waals surface area contributed by atoms with Crippen LogP contribution in [0.1, 0.15) is 110 Å². The molecule has 1 atom stereocenters. The fourth-order valence-electron chi connectivity index (χ4n) is 3.40. The van der Waals surface area contributed by atoms with Crippen LogP contribution in [0.25, 0.3) is 0 Å². The third-order valence-corrected chi connectivity index (χ3v) is 6.41. The van der Waals surface area contributed by atoms with Gasteiger partial charge in [-0.2, -0.15) is 11.8 Å². The normalized spacial score (nSPS) is 12.2. The highest BCUT2D eigenvalue weighted by atomic mass is 32.2. The number of aliphatic hydroxyl groups excluding tert-OH is 1. The van der Waals surface area contributed by atoms with E-state index in [-0.39, 0.29) is 18.6 Å². The number of amides is 1. The Labute approximate surface area is 185 Å². The fourth-order valence-corrected chi connectivity index (χ4v) is 4.44. The van der Waals surface area contributed by atoms with Gasteiger partial charge in [-0.3, -0.25) is 4.79 Å². The summed E-state index contributed by atoms with van der Waals surface area (Å²) in [5.74, 6) is 1.93. The molecule has 0 rings (SSSR count). The van der Waals surface area contributed by atoms with Crippen LogP contribution in [0.15, 0.2) is 0 Å². The lowest BCUT2D eigenvalue weighted by Gasteiger charge is -2.15. The number of ether oxygens (including phenoxy) is 1. The van der Waals surface area contributed by atoms with Gasteiger partial charge in [0.1, 0.15) is 0 Å². The number of rotatable bonds is 23. The predicted molar refractivity (Wildman–Crippen MR) is 128 cm³/mol. The zero-order chi connectivity index (χ0) is 21.4. The molecule has 0 aliphatic heterocycles. The summed E-state index contributed by atoms with van der Waals surface area (Å²) in [6.07, 6.45) is 20.8. The Morgan fingerprint density at radius 1 is 0.862 bits per heavy atom. The number of nitrogens with one attached hydrogen (secondary N) is 1. The second kappa shape index (κ2) is 24.0. The molecule has 0 saturated carbocycles. The average molecular weight is 432 g/mol. The number of carbonyl (C=O) groups excluding carboxylic acids is 1. The van der Waals surface area contributed by atoms with Crippen molar-refractivity contribution in [1.29, 1.82) is 0 Å². The summed E-state index contributed by atoms with van der Waals surface area (Å²) in [4.78, 5) is 10.8. The summed E-state index contributed by atoms with van der Waals surface area (Å²) >= 11 is 1.86. The minimum absolute atomic E-state index is 0.0447. The minimum atomic E-state index is -0.120. The van der Waals surface area contributed by atoms with E-state index in [9.17, 15) is 9.90 Å². The zero-order valence-corrected chi connectivity index (χ0v) is 20.2. The van der Waals surface area contributed by atoms with Gasteiger partial charge >= 0.3 is 0 Å². The molecule has 4 nitrogen and oxygen atoms in total. The van der Waals surface area contributed by atoms with Crippen molar-refractivity contribution in [3.8, 4) is 0 Å². The summed E-state index contributed by atoms with van der Waals surface area (Å²) in [5, 5.41) is 12.0. The number of unbranched alkanes of at least 4 members (excludes halogenated alkanes) is 14. The van der Waals surface area contributed by atoms with Crippen LogP contribution in [0.4, 0.5) is 0 Å². The lowest BCUT2D eigenvalue weighted by molar-refractivity contribution is -0.119. The molecule has 1 unspecified atom stereocenters. The zero-order valence-electron chi connectivity index (χ0n) is 19.4. The molecule has 0 bridgehead atoms. The first-order valence-corrected chi connectivity index (χ1v) is 13.4. The Kier molecular flexibility index (Phi) is 23.8. The van der Waals surface area contributed by atoms with E-state index in [1.165, 1.54) is 103 Å². The number of hydrogen-bond donors (Lipinski definition) is 2. The van der Waals surface area contributed by atoms with Crippen molar-refractivity contribution >= 4 is 17.7 Å². The van der Waals surface area contributed by atoms with Gasteiger partial charge in [0.2, 0.25) is 5.91 Å². The Balaban J connectivity index is 3.21. The SMILES string of the molecule is CCCCCCCCCCCCCCCCCSCC(CO)OCCNC(C)=O. The molecule has 0 heterocycles. The topological polar surface area (TPSA) is 58.6 Å². The third kappa shape index (κ3) is 23.9. The lowest BCUT2D eigenvalue weighted by atomic mass is 10.0. The summed E-state index contributed by atoms with van der Waals surface area (Å²) in [6.45, 7) is 4.80. The van der Waals surface area contributed by atoms with Gasteiger partial charge in [-0.25, -0.2) is 0 Å². The molecule has 174 valence electrons. The quantitative estimate of drug-likeness (QED) is 0.192. The van der Waals surface area contributed by atoms with Gasteiger partial charge in [-0.05, 0) is 12.2 Å². The first-order chi connectivity index (χ1) is 14.2. The van der Waals surface area contributed by atoms with Crippen LogP contribution in [0, 0.1) is 0 Å². The molecule has 0 radical (unpaired) electrons. The van der Waals surface area contributed by atoms with Crippen LogP contribution in [0.3, 0.4) is 0 Å². The van der Waals surface area contributed by atoms with Crippen LogP contribution < -0.4 is 5.32 Å². The molecule has 0 aromatic rings. The first-order valence-electron chi connectivity index (χ1n) is 12.2. The number of carbonyl (C=O) groups is 1. The van der Waals surface area contributed by atoms with Gasteiger partial charge in [-0.1, -0.05) is 96.8 Å². The molecule has 0 saturated heterocycles. The minimum Gasteiger partial charge on any atom is -0.394 e. The van der Waals surface area contributed by atoms with Crippen LogP contribution in [0.2, 0.25) is 0 Å². The van der Waals surface area contributed by atoms with Gasteiger partial charge in [0.15, 0.2) is 0 Å². The Bertz CT molecular complexity index is 342. The van der Waals surface area contributed by atoms with E-state index >= 15 is 0 Å². The largest absolute Gasteiger partial charge is 0.394 e. The van der Waals surface area contributed by atoms with Crippen molar-refractivity contribution in [2.75, 3.05) is 31.3 Å². The summed E-state index contributed by atoms with van der Waals surface area (Å²) in [6, 6.07) is 0. The van der Waals surface area contributed by atoms with E-state index in [0.717, 1.165) is 11.5 Å². The number of hydrogen-bond acceptors (Lipinski definition) is 4. The molecule has 5 heteroatoms. The van der Waals surface area contributed by atoms with Crippen molar-refractivity contribution in [3.63, 3.8) is 0 Å². The molecule has 0 aromatic carbocycles. The van der Waals surface area contributed by atoms with Crippen molar-refractivity contribution in [2.45, 2.75) is 116 Å². The van der Waals surface area contributed by atoms with Crippen molar-refractivity contribution < 1.29 is 14.6 Å². The van der Waals surface area contributed by atoms with Crippen LogP contribution in [0.5, 0.6) is 0 Å². The highest BCUT2D eigenvalue weighted by molar-refractivity contribution is 7.99. The second-order valence-electron chi connectivity index (χ2n) is 8.18. The number of aliphatic hydroxyl groups is 1. The standard InChI is InChI=1S/C24H49NO3S/c1-3-4-5-6-7-8-9-10-11-12-13-14-15-16-17-20-29-22-24(21-26)28-19-18-25-23(2)27/h24,26H,3-22H2,1-2H3,(H,25,27). The van der Waals surface area contributed by atoms with E-state index in [4.69, 9.17) is 4.74 Å². The molecule has 2 N–H and O–H groups in total. The van der Waals surface area contributed by atoms with E-state index in [0.29, 0.717) is 13.2 Å². The van der Waals surface area contributed by atoms with Crippen molar-refractivity contribution in [2.24, 2.45) is 0 Å². The summed E-state index contributed by atoms with van der Waals surface area (Å²) in [7, 11) is 0. The maximum atomic E-state index is 10.8. The third-order valence-electron chi connectivity index (χ3n) is 5.23. The van der Waals surface area contributed by atoms with Crippen LogP contribution in [-0.2, 0) is 9.53 Å². The van der Waals surface area contributed by atoms with E-state index in [1.54, 1.807) is 0 Å². The van der Waals surface area contributed by atoms with Gasteiger partial charge in [0.05, 0.1) is 19.3 Å². The highest BCUT2D eigenvalue weighted by Crippen LogP contribution is 2.14. The molecular weight excluding hydrogens is 382 g/mol. The van der Waals surface area contributed by atoms with Crippen LogP contribution in [-0.4, -0.2) is 48.4 Å². The monoisotopic (exact) mass is 431 g/mol. The molecule has 0 spiro atoms. The summed E-state index contributed by atoms with van der Waals surface area (Å²) < 4.78 is 5.59. The highest BCUT2D eigenvalue weighted by Gasteiger charge is 2.07. The van der Waals surface area contributed by atoms with E-state index in [1.807, 2.05) is 11.8 Å². The maximum Gasteiger partial charge on any atom is 0.216 e. The van der Waals surface area contributed by atoms with Gasteiger partial charge < -0.3 is 15.2 Å².